The van der Waals surface area contributed by atoms with Crippen molar-refractivity contribution in [1.29, 1.82) is 0 Å². The third-order valence-corrected chi connectivity index (χ3v) is 2.72. The van der Waals surface area contributed by atoms with Crippen molar-refractivity contribution in [2.75, 3.05) is 17.7 Å². The van der Waals surface area contributed by atoms with Crippen LogP contribution in [0.2, 0.25) is 0 Å². The molecule has 3 N–H and O–H groups in total. The molecular formula is C8H12N6S. The number of anilines is 2. The number of aromatic amines is 1. The van der Waals surface area contributed by atoms with Crippen LogP contribution in [0.5, 0.6) is 0 Å². The van der Waals surface area contributed by atoms with Gasteiger partial charge in [-0.25, -0.2) is 10.1 Å². The van der Waals surface area contributed by atoms with E-state index in [9.17, 15) is 0 Å². The van der Waals surface area contributed by atoms with E-state index in [4.69, 9.17) is 5.73 Å². The minimum Gasteiger partial charge on any atom is -0.368 e. The standard InChI is InChI=1S/C8H12N6S/c1-5-10-6(4-15-5)3-14(2)8-11-7(9)12-13-8/h4H,3H2,1-2H3,(H3,9,11,12,13). The summed E-state index contributed by atoms with van der Waals surface area (Å²) in [6.45, 7) is 2.67. The van der Waals surface area contributed by atoms with E-state index in [2.05, 4.69) is 20.2 Å². The lowest BCUT2D eigenvalue weighted by atomic mass is 10.4. The molecule has 0 bridgehead atoms. The van der Waals surface area contributed by atoms with Crippen molar-refractivity contribution in [1.82, 2.24) is 20.2 Å². The zero-order valence-electron chi connectivity index (χ0n) is 8.56. The molecule has 2 aromatic rings. The van der Waals surface area contributed by atoms with Gasteiger partial charge >= 0.3 is 0 Å². The summed E-state index contributed by atoms with van der Waals surface area (Å²) in [6, 6.07) is 0. The Morgan fingerprint density at radius 1 is 1.53 bits per heavy atom. The van der Waals surface area contributed by atoms with Gasteiger partial charge in [0.25, 0.3) is 0 Å². The number of nitrogen functional groups attached to an aromatic ring is 1. The summed E-state index contributed by atoms with van der Waals surface area (Å²) in [7, 11) is 1.90. The van der Waals surface area contributed by atoms with Crippen molar-refractivity contribution < 1.29 is 0 Å². The van der Waals surface area contributed by atoms with Crippen LogP contribution in [-0.2, 0) is 6.54 Å². The van der Waals surface area contributed by atoms with E-state index in [1.54, 1.807) is 11.3 Å². The Bertz CT molecular complexity index is 447. The largest absolute Gasteiger partial charge is 0.368 e. The van der Waals surface area contributed by atoms with Gasteiger partial charge in [-0.2, -0.15) is 4.98 Å². The summed E-state index contributed by atoms with van der Waals surface area (Å²) in [5.41, 5.74) is 6.46. The Labute approximate surface area is 91.2 Å². The van der Waals surface area contributed by atoms with Gasteiger partial charge in [0, 0.05) is 12.4 Å². The zero-order chi connectivity index (χ0) is 10.8. The number of thiazole rings is 1. The number of hydrogen-bond acceptors (Lipinski definition) is 6. The fourth-order valence-electron chi connectivity index (χ4n) is 1.23. The quantitative estimate of drug-likeness (QED) is 0.805. The van der Waals surface area contributed by atoms with Crippen LogP contribution in [0.3, 0.4) is 0 Å². The molecule has 0 amide bonds. The molecule has 0 aliphatic rings. The first-order valence-electron chi connectivity index (χ1n) is 4.45. The number of H-pyrrole nitrogens is 1. The smallest absolute Gasteiger partial charge is 0.246 e. The Balaban J connectivity index is 2.06. The van der Waals surface area contributed by atoms with Gasteiger partial charge in [-0.15, -0.1) is 16.4 Å². The van der Waals surface area contributed by atoms with Gasteiger partial charge in [0.05, 0.1) is 17.2 Å². The molecule has 80 valence electrons. The van der Waals surface area contributed by atoms with E-state index in [0.717, 1.165) is 10.7 Å². The average molecular weight is 224 g/mol. The molecule has 2 rings (SSSR count). The van der Waals surface area contributed by atoms with Crippen LogP contribution in [0.15, 0.2) is 5.38 Å². The number of aryl methyl sites for hydroxylation is 1. The molecule has 0 unspecified atom stereocenters. The molecule has 15 heavy (non-hydrogen) atoms. The summed E-state index contributed by atoms with van der Waals surface area (Å²) in [4.78, 5) is 10.3. The summed E-state index contributed by atoms with van der Waals surface area (Å²) in [5.74, 6) is 0.907. The predicted octanol–water partition coefficient (Wildman–Crippen LogP) is 0.788. The van der Waals surface area contributed by atoms with Crippen LogP contribution in [-0.4, -0.2) is 27.2 Å². The lowest BCUT2D eigenvalue weighted by Crippen LogP contribution is -2.18. The number of nitrogens with zero attached hydrogens (tertiary/aromatic N) is 4. The van der Waals surface area contributed by atoms with Crippen molar-refractivity contribution in [2.45, 2.75) is 13.5 Å². The Morgan fingerprint density at radius 3 is 2.87 bits per heavy atom. The Morgan fingerprint density at radius 2 is 2.33 bits per heavy atom. The summed E-state index contributed by atoms with van der Waals surface area (Å²) in [6.07, 6.45) is 0. The van der Waals surface area contributed by atoms with Crippen molar-refractivity contribution in [3.8, 4) is 0 Å². The molecule has 7 heteroatoms. The van der Waals surface area contributed by atoms with E-state index >= 15 is 0 Å². The maximum absolute atomic E-state index is 5.44. The first kappa shape index (κ1) is 9.91. The minimum atomic E-state index is 0.325. The molecular weight excluding hydrogens is 212 g/mol. The molecule has 0 radical (unpaired) electrons. The molecule has 0 aliphatic carbocycles. The molecule has 0 spiro atoms. The van der Waals surface area contributed by atoms with Crippen molar-refractivity contribution in [3.05, 3.63) is 16.1 Å². The molecule has 6 nitrogen and oxygen atoms in total. The summed E-state index contributed by atoms with van der Waals surface area (Å²) in [5, 5.41) is 9.65. The van der Waals surface area contributed by atoms with Crippen molar-refractivity contribution in [3.63, 3.8) is 0 Å². The van der Waals surface area contributed by atoms with Crippen LogP contribution >= 0.6 is 11.3 Å². The highest BCUT2D eigenvalue weighted by Crippen LogP contribution is 2.13. The highest BCUT2D eigenvalue weighted by atomic mass is 32.1. The van der Waals surface area contributed by atoms with Crippen molar-refractivity contribution in [2.24, 2.45) is 0 Å². The van der Waals surface area contributed by atoms with E-state index < -0.39 is 0 Å². The summed E-state index contributed by atoms with van der Waals surface area (Å²) < 4.78 is 0. The summed E-state index contributed by atoms with van der Waals surface area (Å²) >= 11 is 1.64. The second-order valence-electron chi connectivity index (χ2n) is 3.23. The van der Waals surface area contributed by atoms with Gasteiger partial charge in [-0.1, -0.05) is 0 Å². The number of nitrogens with one attached hydrogen (secondary N) is 1. The van der Waals surface area contributed by atoms with Crippen LogP contribution in [0.25, 0.3) is 0 Å². The molecule has 0 saturated carbocycles. The first-order valence-corrected chi connectivity index (χ1v) is 5.33. The predicted molar refractivity (Wildman–Crippen MR) is 59.8 cm³/mol. The monoisotopic (exact) mass is 224 g/mol. The normalized spacial score (nSPS) is 10.5. The highest BCUT2D eigenvalue weighted by Gasteiger charge is 2.08. The number of nitrogens with two attached hydrogens (primary N) is 1. The number of hydrogen-bond donors (Lipinski definition) is 2. The van der Waals surface area contributed by atoms with Crippen LogP contribution < -0.4 is 10.6 Å². The van der Waals surface area contributed by atoms with Gasteiger partial charge in [0.1, 0.15) is 0 Å². The Hall–Kier alpha value is -1.63. The van der Waals surface area contributed by atoms with Crippen LogP contribution in [0.4, 0.5) is 11.9 Å². The van der Waals surface area contributed by atoms with Gasteiger partial charge in [0.2, 0.25) is 11.9 Å². The Kier molecular flexibility index (Phi) is 2.55. The fraction of sp³-hybridized carbons (Fsp3) is 0.375. The lowest BCUT2D eigenvalue weighted by Gasteiger charge is -2.12. The highest BCUT2D eigenvalue weighted by molar-refractivity contribution is 7.09. The molecule has 0 aliphatic heterocycles. The minimum absolute atomic E-state index is 0.325. The third-order valence-electron chi connectivity index (χ3n) is 1.90. The van der Waals surface area contributed by atoms with E-state index in [1.165, 1.54) is 0 Å². The van der Waals surface area contributed by atoms with Gasteiger partial charge in [0.15, 0.2) is 0 Å². The average Bonchev–Trinajstić information content (AvgIpc) is 2.75. The van der Waals surface area contributed by atoms with Crippen molar-refractivity contribution >= 4 is 23.2 Å². The maximum atomic E-state index is 5.44. The second kappa shape index (κ2) is 3.85. The van der Waals surface area contributed by atoms with E-state index in [0.29, 0.717) is 18.4 Å². The third kappa shape index (κ3) is 2.24. The molecule has 0 aromatic carbocycles. The molecule has 2 aromatic heterocycles. The number of aromatic nitrogens is 4. The topological polar surface area (TPSA) is 83.7 Å². The fourth-order valence-corrected chi connectivity index (χ4v) is 1.83. The molecule has 0 atom stereocenters. The van der Waals surface area contributed by atoms with E-state index in [-0.39, 0.29) is 0 Å². The lowest BCUT2D eigenvalue weighted by molar-refractivity contribution is 0.848. The molecule has 0 fully saturated rings. The SMILES string of the molecule is Cc1nc(CN(C)c2n[nH]c(N)n2)cs1. The number of rotatable bonds is 3. The van der Waals surface area contributed by atoms with Gasteiger partial charge in [-0.3, -0.25) is 0 Å². The molecule has 0 saturated heterocycles. The van der Waals surface area contributed by atoms with E-state index in [1.807, 2.05) is 24.3 Å². The van der Waals surface area contributed by atoms with Crippen LogP contribution in [0.1, 0.15) is 10.7 Å². The zero-order valence-corrected chi connectivity index (χ0v) is 9.38. The molecule has 2 heterocycles. The maximum Gasteiger partial charge on any atom is 0.246 e. The van der Waals surface area contributed by atoms with Gasteiger partial charge < -0.3 is 10.6 Å². The van der Waals surface area contributed by atoms with Crippen LogP contribution in [0, 0.1) is 6.92 Å². The first-order chi connectivity index (χ1) is 7.15. The van der Waals surface area contributed by atoms with Gasteiger partial charge in [-0.05, 0) is 6.92 Å². The second-order valence-corrected chi connectivity index (χ2v) is 4.30.